The van der Waals surface area contributed by atoms with Gasteiger partial charge >= 0.3 is 6.18 Å². The predicted molar refractivity (Wildman–Crippen MR) is 88.5 cm³/mol. The van der Waals surface area contributed by atoms with E-state index in [0.29, 0.717) is 11.8 Å². The average molecular weight is 390 g/mol. The fourth-order valence-corrected chi connectivity index (χ4v) is 2.81. The van der Waals surface area contributed by atoms with E-state index in [1.165, 1.54) is 27.4 Å². The number of carbonyl (C=O) groups is 1. The maximum absolute atomic E-state index is 13.3. The number of rotatable bonds is 5. The van der Waals surface area contributed by atoms with E-state index in [0.717, 1.165) is 6.20 Å². The van der Waals surface area contributed by atoms with Gasteiger partial charge in [0, 0.05) is 12.4 Å². The van der Waals surface area contributed by atoms with Crippen LogP contribution in [0.3, 0.4) is 0 Å². The van der Waals surface area contributed by atoms with Gasteiger partial charge in [0.05, 0.1) is 43.0 Å². The maximum Gasteiger partial charge on any atom is 0.418 e. The molecule has 2 aromatic rings. The van der Waals surface area contributed by atoms with Crippen LogP contribution in [0.4, 0.5) is 13.2 Å². The maximum atomic E-state index is 13.3. The van der Waals surface area contributed by atoms with Gasteiger partial charge in [0.25, 0.3) is 0 Å². The number of alkyl halides is 3. The van der Waals surface area contributed by atoms with Gasteiger partial charge in [-0.2, -0.15) is 13.2 Å². The molecule has 0 aliphatic rings. The number of nitrogens with zero attached hydrogens (tertiary/aromatic N) is 1. The van der Waals surface area contributed by atoms with Crippen LogP contribution in [-0.2, 0) is 6.18 Å². The van der Waals surface area contributed by atoms with Crippen molar-refractivity contribution in [1.29, 1.82) is 0 Å². The molecule has 0 saturated carbocycles. The Hall–Kier alpha value is -2.48. The first-order valence-electron chi connectivity index (χ1n) is 7.22. The van der Waals surface area contributed by atoms with E-state index in [2.05, 4.69) is 4.98 Å². The number of aromatic nitrogens is 1. The van der Waals surface area contributed by atoms with Gasteiger partial charge in [0.2, 0.25) is 5.75 Å². The second-order valence-corrected chi connectivity index (χ2v) is 5.62. The lowest BCUT2D eigenvalue weighted by molar-refractivity contribution is -0.138. The molecular formula is C17H15ClF3NO4. The van der Waals surface area contributed by atoms with E-state index in [1.807, 2.05) is 0 Å². The van der Waals surface area contributed by atoms with Crippen LogP contribution in [0, 0.1) is 6.92 Å². The number of ether oxygens (including phenoxy) is 3. The lowest BCUT2D eigenvalue weighted by atomic mass is 9.94. The van der Waals surface area contributed by atoms with E-state index >= 15 is 0 Å². The Morgan fingerprint density at radius 1 is 1.04 bits per heavy atom. The molecule has 0 radical (unpaired) electrons. The van der Waals surface area contributed by atoms with Gasteiger partial charge in [-0.1, -0.05) is 11.6 Å². The van der Waals surface area contributed by atoms with E-state index in [-0.39, 0.29) is 22.8 Å². The first-order valence-corrected chi connectivity index (χ1v) is 7.60. The van der Waals surface area contributed by atoms with Gasteiger partial charge in [-0.05, 0) is 18.6 Å². The summed E-state index contributed by atoms with van der Waals surface area (Å²) in [4.78, 5) is 16.4. The Morgan fingerprint density at radius 2 is 1.65 bits per heavy atom. The largest absolute Gasteiger partial charge is 0.493 e. The van der Waals surface area contributed by atoms with Crippen LogP contribution in [0.1, 0.15) is 27.0 Å². The van der Waals surface area contributed by atoms with Crippen LogP contribution in [0.5, 0.6) is 17.2 Å². The summed E-state index contributed by atoms with van der Waals surface area (Å²) in [6.07, 6.45) is -3.27. The minimum Gasteiger partial charge on any atom is -0.493 e. The lowest BCUT2D eigenvalue weighted by Gasteiger charge is -2.19. The van der Waals surface area contributed by atoms with Gasteiger partial charge in [0.15, 0.2) is 17.3 Å². The molecule has 0 spiro atoms. The Balaban J connectivity index is 2.81. The molecule has 26 heavy (non-hydrogen) atoms. The molecule has 2 rings (SSSR count). The van der Waals surface area contributed by atoms with E-state index in [9.17, 15) is 18.0 Å². The number of benzene rings is 1. The summed E-state index contributed by atoms with van der Waals surface area (Å²) >= 11 is 5.88. The SMILES string of the molecule is COc1cc(C)c(C(=O)c2c(Cl)cncc2C(F)(F)F)c(OC)c1OC. The molecule has 0 unspecified atom stereocenters. The highest BCUT2D eigenvalue weighted by Crippen LogP contribution is 2.44. The Kier molecular flexibility index (Phi) is 5.65. The number of methoxy groups -OCH3 is 3. The third kappa shape index (κ3) is 3.41. The van der Waals surface area contributed by atoms with Crippen LogP contribution in [-0.4, -0.2) is 32.1 Å². The number of hydrogen-bond acceptors (Lipinski definition) is 5. The second kappa shape index (κ2) is 7.41. The minimum atomic E-state index is -4.80. The highest BCUT2D eigenvalue weighted by Gasteiger charge is 2.38. The van der Waals surface area contributed by atoms with Crippen LogP contribution in [0.2, 0.25) is 5.02 Å². The standard InChI is InChI=1S/C17H15ClF3NO4/c1-8-5-11(24-2)15(25-3)16(26-4)12(8)14(23)13-9(17(19,20)21)6-22-7-10(13)18/h5-7H,1-4H3. The molecule has 0 aliphatic heterocycles. The van der Waals surface area contributed by atoms with Crippen LogP contribution < -0.4 is 14.2 Å². The molecule has 1 heterocycles. The van der Waals surface area contributed by atoms with Crippen molar-refractivity contribution in [2.45, 2.75) is 13.1 Å². The molecule has 0 saturated heterocycles. The lowest BCUT2D eigenvalue weighted by Crippen LogP contribution is -2.17. The summed E-state index contributed by atoms with van der Waals surface area (Å²) in [6.45, 7) is 1.54. The van der Waals surface area contributed by atoms with Crippen LogP contribution >= 0.6 is 11.6 Å². The van der Waals surface area contributed by atoms with Gasteiger partial charge in [-0.3, -0.25) is 9.78 Å². The van der Waals surface area contributed by atoms with Crippen molar-refractivity contribution in [3.63, 3.8) is 0 Å². The van der Waals surface area contributed by atoms with Crippen molar-refractivity contribution in [3.05, 3.63) is 45.7 Å². The average Bonchev–Trinajstić information content (AvgIpc) is 2.58. The Morgan fingerprint density at radius 3 is 2.15 bits per heavy atom. The molecule has 0 fully saturated rings. The van der Waals surface area contributed by atoms with Crippen molar-refractivity contribution in [2.75, 3.05) is 21.3 Å². The van der Waals surface area contributed by atoms with E-state index in [4.69, 9.17) is 25.8 Å². The number of hydrogen-bond donors (Lipinski definition) is 0. The quantitative estimate of drug-likeness (QED) is 0.713. The van der Waals surface area contributed by atoms with Gasteiger partial charge < -0.3 is 14.2 Å². The van der Waals surface area contributed by atoms with E-state index in [1.54, 1.807) is 6.92 Å². The van der Waals surface area contributed by atoms with Crippen molar-refractivity contribution in [1.82, 2.24) is 4.98 Å². The molecule has 0 amide bonds. The zero-order valence-corrected chi connectivity index (χ0v) is 15.1. The fraction of sp³-hybridized carbons (Fsp3) is 0.294. The minimum absolute atomic E-state index is 0.0460. The van der Waals surface area contributed by atoms with Crippen LogP contribution in [0.25, 0.3) is 0 Å². The third-order valence-electron chi connectivity index (χ3n) is 3.69. The number of aryl methyl sites for hydroxylation is 1. The zero-order valence-electron chi connectivity index (χ0n) is 14.3. The zero-order chi connectivity index (χ0) is 19.6. The molecule has 0 bridgehead atoms. The Bertz CT molecular complexity index is 853. The molecule has 140 valence electrons. The molecule has 0 aliphatic carbocycles. The smallest absolute Gasteiger partial charge is 0.418 e. The van der Waals surface area contributed by atoms with Gasteiger partial charge in [0.1, 0.15) is 0 Å². The monoisotopic (exact) mass is 389 g/mol. The van der Waals surface area contributed by atoms with Crippen LogP contribution in [0.15, 0.2) is 18.5 Å². The van der Waals surface area contributed by atoms with E-state index < -0.39 is 28.1 Å². The van der Waals surface area contributed by atoms with Crippen molar-refractivity contribution in [3.8, 4) is 17.2 Å². The van der Waals surface area contributed by atoms with Gasteiger partial charge in [-0.15, -0.1) is 0 Å². The third-order valence-corrected chi connectivity index (χ3v) is 3.97. The topological polar surface area (TPSA) is 57.7 Å². The highest BCUT2D eigenvalue weighted by atomic mass is 35.5. The summed E-state index contributed by atoms with van der Waals surface area (Å²) in [6, 6.07) is 1.47. The highest BCUT2D eigenvalue weighted by molar-refractivity contribution is 6.35. The first kappa shape index (κ1) is 19.8. The Labute approximate surface area is 152 Å². The number of ketones is 1. The summed E-state index contributed by atoms with van der Waals surface area (Å²) in [5.74, 6) is -0.645. The summed E-state index contributed by atoms with van der Waals surface area (Å²) in [5.41, 5.74) is -1.71. The molecule has 9 heteroatoms. The molecule has 0 N–H and O–H groups in total. The summed E-state index contributed by atoms with van der Waals surface area (Å²) in [7, 11) is 3.98. The molecule has 1 aromatic carbocycles. The molecular weight excluding hydrogens is 375 g/mol. The van der Waals surface area contributed by atoms with Crippen molar-refractivity contribution in [2.24, 2.45) is 0 Å². The molecule has 1 aromatic heterocycles. The first-order chi connectivity index (χ1) is 12.2. The molecule has 5 nitrogen and oxygen atoms in total. The predicted octanol–water partition coefficient (Wildman–Crippen LogP) is 4.32. The summed E-state index contributed by atoms with van der Waals surface area (Å²) < 4.78 is 55.6. The fourth-order valence-electron chi connectivity index (χ4n) is 2.57. The second-order valence-electron chi connectivity index (χ2n) is 5.21. The van der Waals surface area contributed by atoms with Crippen molar-refractivity contribution < 1.29 is 32.2 Å². The van der Waals surface area contributed by atoms with Crippen molar-refractivity contribution >= 4 is 17.4 Å². The summed E-state index contributed by atoms with van der Waals surface area (Å²) in [5, 5.41) is -0.416. The molecule has 0 atom stereocenters. The normalized spacial score (nSPS) is 11.2. The number of pyridine rings is 1. The van der Waals surface area contributed by atoms with Gasteiger partial charge in [-0.25, -0.2) is 0 Å². The number of halogens is 4. The number of carbonyl (C=O) groups excluding carboxylic acids is 1.